The number of amides is 1. The summed E-state index contributed by atoms with van der Waals surface area (Å²) in [5.74, 6) is -2.48. The molecular formula is C15H18FNO3. The van der Waals surface area contributed by atoms with E-state index >= 15 is 0 Å². The van der Waals surface area contributed by atoms with Crippen molar-refractivity contribution in [3.05, 3.63) is 35.1 Å². The molecule has 0 aromatic heterocycles. The number of halogens is 1. The summed E-state index contributed by atoms with van der Waals surface area (Å²) in [6.07, 6.45) is 1.18. The Labute approximate surface area is 117 Å². The second-order valence-corrected chi connectivity index (χ2v) is 5.31. The molecule has 1 N–H and O–H groups in total. The lowest BCUT2D eigenvalue weighted by atomic mass is 9.89. The van der Waals surface area contributed by atoms with Crippen LogP contribution in [0, 0.1) is 18.7 Å². The fourth-order valence-corrected chi connectivity index (χ4v) is 2.72. The van der Waals surface area contributed by atoms with Gasteiger partial charge in [-0.2, -0.15) is 0 Å². The molecule has 0 radical (unpaired) electrons. The number of carbonyl (C=O) groups excluding carboxylic acids is 1. The lowest BCUT2D eigenvalue weighted by Gasteiger charge is -2.37. The minimum absolute atomic E-state index is 0.0166. The molecule has 5 heteroatoms. The van der Waals surface area contributed by atoms with Crippen molar-refractivity contribution in [2.45, 2.75) is 32.7 Å². The van der Waals surface area contributed by atoms with Crippen LogP contribution in [0.1, 0.15) is 35.7 Å². The topological polar surface area (TPSA) is 57.6 Å². The number of rotatable bonds is 2. The van der Waals surface area contributed by atoms with Gasteiger partial charge in [0.1, 0.15) is 5.82 Å². The van der Waals surface area contributed by atoms with Crippen molar-refractivity contribution in [1.29, 1.82) is 0 Å². The molecule has 1 aromatic rings. The van der Waals surface area contributed by atoms with Gasteiger partial charge in [0.2, 0.25) is 0 Å². The van der Waals surface area contributed by atoms with Crippen LogP contribution in [-0.4, -0.2) is 34.5 Å². The maximum absolute atomic E-state index is 13.8. The van der Waals surface area contributed by atoms with E-state index in [9.17, 15) is 14.0 Å². The van der Waals surface area contributed by atoms with Crippen LogP contribution in [0.3, 0.4) is 0 Å². The molecule has 1 saturated heterocycles. The number of aliphatic carboxylic acids is 1. The molecule has 0 saturated carbocycles. The van der Waals surface area contributed by atoms with Crippen LogP contribution >= 0.6 is 0 Å². The monoisotopic (exact) mass is 279 g/mol. The number of piperidine rings is 1. The van der Waals surface area contributed by atoms with E-state index in [0.29, 0.717) is 19.4 Å². The fraction of sp³-hybridized carbons (Fsp3) is 0.467. The molecule has 108 valence electrons. The number of likely N-dealkylation sites (tertiary alicyclic amines) is 1. The van der Waals surface area contributed by atoms with Crippen molar-refractivity contribution in [1.82, 2.24) is 4.90 Å². The van der Waals surface area contributed by atoms with Gasteiger partial charge in [0.05, 0.1) is 11.5 Å². The Kier molecular flexibility index (Phi) is 4.06. The predicted molar refractivity (Wildman–Crippen MR) is 72.0 cm³/mol. The first-order valence-electron chi connectivity index (χ1n) is 6.71. The maximum atomic E-state index is 13.8. The molecule has 2 atom stereocenters. The predicted octanol–water partition coefficient (Wildman–Crippen LogP) is 2.46. The van der Waals surface area contributed by atoms with E-state index in [-0.39, 0.29) is 5.56 Å². The van der Waals surface area contributed by atoms with E-state index in [0.717, 1.165) is 5.56 Å². The van der Waals surface area contributed by atoms with Crippen LogP contribution in [0.15, 0.2) is 18.2 Å². The first-order chi connectivity index (χ1) is 9.41. The quantitative estimate of drug-likeness (QED) is 0.904. The zero-order valence-corrected chi connectivity index (χ0v) is 11.6. The minimum Gasteiger partial charge on any atom is -0.481 e. The van der Waals surface area contributed by atoms with Gasteiger partial charge in [-0.1, -0.05) is 11.6 Å². The fourth-order valence-electron chi connectivity index (χ4n) is 2.72. The summed E-state index contributed by atoms with van der Waals surface area (Å²) in [6, 6.07) is 3.96. The SMILES string of the molecule is Cc1ccc(F)c(C(=O)N2CCC[C@@H](C(=O)O)[C@H]2C)c1. The number of carbonyl (C=O) groups is 2. The maximum Gasteiger partial charge on any atom is 0.308 e. The molecule has 1 aliphatic rings. The summed E-state index contributed by atoms with van der Waals surface area (Å²) in [5.41, 5.74) is 0.817. The second-order valence-electron chi connectivity index (χ2n) is 5.31. The minimum atomic E-state index is -0.903. The lowest BCUT2D eigenvalue weighted by molar-refractivity contribution is -0.144. The highest BCUT2D eigenvalue weighted by Crippen LogP contribution is 2.26. The molecule has 1 heterocycles. The van der Waals surface area contributed by atoms with Gasteiger partial charge in [0, 0.05) is 12.6 Å². The summed E-state index contributed by atoms with van der Waals surface area (Å²) in [5, 5.41) is 9.17. The van der Waals surface area contributed by atoms with Crippen LogP contribution in [0.5, 0.6) is 0 Å². The zero-order chi connectivity index (χ0) is 14.9. The molecule has 0 aliphatic carbocycles. The van der Waals surface area contributed by atoms with E-state index in [2.05, 4.69) is 0 Å². The first kappa shape index (κ1) is 14.5. The summed E-state index contributed by atoms with van der Waals surface area (Å²) in [7, 11) is 0. The third-order valence-corrected chi connectivity index (χ3v) is 3.92. The van der Waals surface area contributed by atoms with Crippen LogP contribution in [0.2, 0.25) is 0 Å². The zero-order valence-electron chi connectivity index (χ0n) is 11.6. The van der Waals surface area contributed by atoms with E-state index in [1.807, 2.05) is 0 Å². The molecule has 1 amide bonds. The Balaban J connectivity index is 2.28. The van der Waals surface area contributed by atoms with E-state index in [1.165, 1.54) is 17.0 Å². The Morgan fingerprint density at radius 1 is 1.40 bits per heavy atom. The average molecular weight is 279 g/mol. The molecule has 0 unspecified atom stereocenters. The first-order valence-corrected chi connectivity index (χ1v) is 6.71. The smallest absolute Gasteiger partial charge is 0.308 e. The van der Waals surface area contributed by atoms with Crippen molar-refractivity contribution in [3.63, 3.8) is 0 Å². The Morgan fingerprint density at radius 2 is 2.10 bits per heavy atom. The van der Waals surface area contributed by atoms with E-state index in [4.69, 9.17) is 5.11 Å². The van der Waals surface area contributed by atoms with Crippen LogP contribution in [0.4, 0.5) is 4.39 Å². The van der Waals surface area contributed by atoms with Crippen molar-refractivity contribution < 1.29 is 19.1 Å². The molecule has 20 heavy (non-hydrogen) atoms. The van der Waals surface area contributed by atoms with Gasteiger partial charge >= 0.3 is 5.97 Å². The normalized spacial score (nSPS) is 22.6. The standard InChI is InChI=1S/C15H18FNO3/c1-9-5-6-13(16)12(8-9)14(18)17-7-3-4-11(10(17)2)15(19)20/h5-6,8,10-11H,3-4,7H2,1-2H3,(H,19,20)/t10-,11-/m1/s1. The van der Waals surface area contributed by atoms with Crippen LogP contribution in [0.25, 0.3) is 0 Å². The van der Waals surface area contributed by atoms with E-state index < -0.39 is 29.7 Å². The largest absolute Gasteiger partial charge is 0.481 e. The third-order valence-electron chi connectivity index (χ3n) is 3.92. The molecule has 1 aliphatic heterocycles. The number of hydrogen-bond donors (Lipinski definition) is 1. The van der Waals surface area contributed by atoms with Gasteiger partial charge in [0.15, 0.2) is 0 Å². The summed E-state index contributed by atoms with van der Waals surface area (Å²) in [4.78, 5) is 25.1. The molecule has 2 rings (SSSR count). The highest BCUT2D eigenvalue weighted by Gasteiger charge is 2.36. The Bertz CT molecular complexity index is 544. The average Bonchev–Trinajstić information content (AvgIpc) is 2.40. The van der Waals surface area contributed by atoms with Crippen molar-refractivity contribution in [2.75, 3.05) is 6.54 Å². The molecular weight excluding hydrogens is 261 g/mol. The number of aryl methyl sites for hydroxylation is 1. The Hall–Kier alpha value is -1.91. The van der Waals surface area contributed by atoms with Crippen molar-refractivity contribution in [3.8, 4) is 0 Å². The summed E-state index contributed by atoms with van der Waals surface area (Å²) >= 11 is 0. The third kappa shape index (κ3) is 2.66. The van der Waals surface area contributed by atoms with Crippen LogP contribution in [-0.2, 0) is 4.79 Å². The molecule has 4 nitrogen and oxygen atoms in total. The highest BCUT2D eigenvalue weighted by atomic mass is 19.1. The van der Waals surface area contributed by atoms with Gasteiger partial charge in [-0.15, -0.1) is 0 Å². The number of carboxylic acid groups (broad SMARTS) is 1. The van der Waals surface area contributed by atoms with Gasteiger partial charge < -0.3 is 10.0 Å². The van der Waals surface area contributed by atoms with Gasteiger partial charge in [0.25, 0.3) is 5.91 Å². The van der Waals surface area contributed by atoms with Crippen molar-refractivity contribution in [2.24, 2.45) is 5.92 Å². The number of hydrogen-bond acceptors (Lipinski definition) is 2. The number of carboxylic acids is 1. The Morgan fingerprint density at radius 3 is 2.75 bits per heavy atom. The van der Waals surface area contributed by atoms with E-state index in [1.54, 1.807) is 19.9 Å². The molecule has 0 bridgehead atoms. The van der Waals surface area contributed by atoms with Gasteiger partial charge in [-0.3, -0.25) is 9.59 Å². The molecule has 0 spiro atoms. The number of benzene rings is 1. The van der Waals surface area contributed by atoms with Gasteiger partial charge in [-0.05, 0) is 38.8 Å². The highest BCUT2D eigenvalue weighted by molar-refractivity contribution is 5.95. The van der Waals surface area contributed by atoms with Gasteiger partial charge in [-0.25, -0.2) is 4.39 Å². The van der Waals surface area contributed by atoms with Crippen LogP contribution < -0.4 is 0 Å². The second kappa shape index (κ2) is 5.61. The lowest BCUT2D eigenvalue weighted by Crippen LogP contribution is -2.49. The summed E-state index contributed by atoms with van der Waals surface area (Å²) in [6.45, 7) is 3.97. The number of nitrogens with zero attached hydrogens (tertiary/aromatic N) is 1. The van der Waals surface area contributed by atoms with Crippen molar-refractivity contribution >= 4 is 11.9 Å². The summed E-state index contributed by atoms with van der Waals surface area (Å²) < 4.78 is 13.8. The molecule has 1 aromatic carbocycles. The molecule has 1 fully saturated rings.